The Morgan fingerprint density at radius 3 is 1.29 bits per heavy atom. The normalized spacial score (nSPS) is 3.43. The van der Waals surface area contributed by atoms with E-state index in [1.807, 2.05) is 0 Å². The van der Waals surface area contributed by atoms with Crippen LogP contribution in [0.5, 0.6) is 0 Å². The van der Waals surface area contributed by atoms with Crippen molar-refractivity contribution in [2.75, 3.05) is 0 Å². The second kappa shape index (κ2) is 15.7. The molecule has 0 aliphatic rings. The fourth-order valence-electron chi connectivity index (χ4n) is 0. The molecule has 0 spiro atoms. The van der Waals surface area contributed by atoms with Gasteiger partial charge in [-0.15, -0.1) is 12.4 Å². The van der Waals surface area contributed by atoms with E-state index in [0.29, 0.717) is 0 Å². The molecular weight excluding hydrogens is 258 g/mol. The molecule has 6 heteroatoms. The molecule has 0 saturated carbocycles. The van der Waals surface area contributed by atoms with Crippen LogP contribution in [0.4, 0.5) is 0 Å². The van der Waals surface area contributed by atoms with E-state index in [1.165, 1.54) is 0 Å². The van der Waals surface area contributed by atoms with E-state index in [9.17, 15) is 0 Å². The van der Waals surface area contributed by atoms with Crippen LogP contribution in [0.15, 0.2) is 0 Å². The molecule has 0 unspecified atom stereocenters. The third kappa shape index (κ3) is 76.1. The average Bonchev–Trinajstić information content (AvgIpc) is 0.811. The maximum Gasteiger partial charge on any atom is 1.00 e. The van der Waals surface area contributed by atoms with Gasteiger partial charge in [0.25, 0.3) is 0 Å². The van der Waals surface area contributed by atoms with Gasteiger partial charge in [-0.3, -0.25) is 5.41 Å². The van der Waals surface area contributed by atoms with E-state index < -0.39 is 0 Å². The van der Waals surface area contributed by atoms with Crippen molar-refractivity contribution >= 4 is 18.4 Å². The Kier molecular flexibility index (Phi) is 51.8. The topological polar surface area (TPSA) is 75.9 Å². The molecule has 0 atom stereocenters. The van der Waals surface area contributed by atoms with Gasteiger partial charge < -0.3 is 23.9 Å². The van der Waals surface area contributed by atoms with Gasteiger partial charge in [-0.1, -0.05) is 0 Å². The van der Waals surface area contributed by atoms with E-state index in [0.717, 1.165) is 0 Å². The van der Waals surface area contributed by atoms with Gasteiger partial charge in [0, 0.05) is 0 Å². The summed E-state index contributed by atoms with van der Waals surface area (Å²) >= 11 is 0. The Morgan fingerprint density at radius 1 is 1.29 bits per heavy atom. The summed E-state index contributed by atoms with van der Waals surface area (Å²) in [5, 5.41) is 6.06. The maximum absolute atomic E-state index is 6.06. The third-order valence-electron chi connectivity index (χ3n) is 0. The van der Waals surface area contributed by atoms with Gasteiger partial charge in [0.15, 0.2) is 5.96 Å². The zero-order chi connectivity index (χ0) is 3.58. The first kappa shape index (κ1) is 23.1. The van der Waals surface area contributed by atoms with Crippen molar-refractivity contribution in [3.8, 4) is 0 Å². The second-order valence-corrected chi connectivity index (χ2v) is 0.455. The van der Waals surface area contributed by atoms with Crippen molar-refractivity contribution in [1.29, 1.82) is 5.41 Å². The van der Waals surface area contributed by atoms with Crippen LogP contribution in [-0.4, -0.2) is 5.96 Å². The molecule has 0 fully saturated rings. The zero-order valence-corrected chi connectivity index (χ0v) is 11.8. The minimum absolute atomic E-state index is 0. The summed E-state index contributed by atoms with van der Waals surface area (Å²) in [7, 11) is 0. The molecule has 0 bridgehead atoms. The van der Waals surface area contributed by atoms with Crippen LogP contribution >= 0.6 is 12.4 Å². The van der Waals surface area contributed by atoms with Crippen molar-refractivity contribution in [1.82, 2.24) is 0 Å². The van der Waals surface area contributed by atoms with Gasteiger partial charge >= 0.3 is 68.9 Å². The van der Waals surface area contributed by atoms with Crippen LogP contribution in [0, 0.1) is 5.41 Å². The van der Waals surface area contributed by atoms with Gasteiger partial charge in [0.2, 0.25) is 0 Å². The number of rotatable bonds is 0. The summed E-state index contributed by atoms with van der Waals surface area (Å²) in [4.78, 5) is 0. The number of hydrogen-bond acceptors (Lipinski definition) is 1. The minimum atomic E-state index is -0.333. The molecule has 0 saturated heterocycles. The van der Waals surface area contributed by atoms with E-state index >= 15 is 0 Å². The van der Waals surface area contributed by atoms with E-state index in [-0.39, 0.29) is 99.7 Å². The van der Waals surface area contributed by atoms with Crippen LogP contribution < -0.4 is 92.8 Å². The number of hydrogen-bond donors (Lipinski definition) is 3. The Bertz CT molecular complexity index is 35.9. The predicted octanol–water partition coefficient (Wildman–Crippen LogP) is -6.73. The Morgan fingerprint density at radius 2 is 1.29 bits per heavy atom. The molecule has 0 aromatic rings. The molecule has 40 valence electrons. The number of halogens is 2. The molecular formula is CH6Cl2CsN3. The van der Waals surface area contributed by atoms with Crippen LogP contribution in [0.3, 0.4) is 0 Å². The molecule has 0 aliphatic carbocycles. The van der Waals surface area contributed by atoms with E-state index in [2.05, 4.69) is 11.5 Å². The Balaban J connectivity index is -0.0000000150. The second-order valence-electron chi connectivity index (χ2n) is 0.455. The minimum Gasteiger partial charge on any atom is -1.00 e. The van der Waals surface area contributed by atoms with Gasteiger partial charge in [-0.25, -0.2) is 0 Å². The Hall–Kier alpha value is 1.90. The van der Waals surface area contributed by atoms with Gasteiger partial charge in [0.1, 0.15) is 0 Å². The van der Waals surface area contributed by atoms with Crippen LogP contribution in [-0.2, 0) is 0 Å². The molecule has 0 heterocycles. The van der Waals surface area contributed by atoms with Crippen molar-refractivity contribution < 1.29 is 81.3 Å². The summed E-state index contributed by atoms with van der Waals surface area (Å²) < 4.78 is 0. The first-order chi connectivity index (χ1) is 1.73. The summed E-state index contributed by atoms with van der Waals surface area (Å²) in [6, 6.07) is 0. The molecule has 0 aliphatic heterocycles. The summed E-state index contributed by atoms with van der Waals surface area (Å²) in [6.07, 6.45) is 0. The summed E-state index contributed by atoms with van der Waals surface area (Å²) in [5.74, 6) is -0.333. The maximum atomic E-state index is 6.06. The molecule has 3 nitrogen and oxygen atoms in total. The van der Waals surface area contributed by atoms with Gasteiger partial charge in [-0.05, 0) is 0 Å². The first-order valence-corrected chi connectivity index (χ1v) is 0.827. The quantitative estimate of drug-likeness (QED) is 0.300. The fraction of sp³-hybridized carbons (Fsp3) is 0. The van der Waals surface area contributed by atoms with Gasteiger partial charge in [0.05, 0.1) is 0 Å². The van der Waals surface area contributed by atoms with Crippen LogP contribution in [0.25, 0.3) is 0 Å². The van der Waals surface area contributed by atoms with Crippen molar-refractivity contribution in [3.63, 3.8) is 0 Å². The van der Waals surface area contributed by atoms with Crippen LogP contribution in [0.1, 0.15) is 0 Å². The standard InChI is InChI=1S/CH5N3.2ClH.Cs/c2-1(3)4;;;/h(H5,2,3,4);2*1H;/q;;;+1/p-1. The molecule has 0 amide bonds. The van der Waals surface area contributed by atoms with Crippen molar-refractivity contribution in [2.45, 2.75) is 0 Å². The fourth-order valence-corrected chi connectivity index (χ4v) is 0. The molecule has 0 aromatic heterocycles. The number of guanidine groups is 1. The Labute approximate surface area is 114 Å². The zero-order valence-electron chi connectivity index (χ0n) is 3.94. The SMILES string of the molecule is Cl.N=C(N)N.[Cl-].[Cs+]. The smallest absolute Gasteiger partial charge is 1.00 e. The summed E-state index contributed by atoms with van der Waals surface area (Å²) in [5.41, 5.74) is 8.94. The van der Waals surface area contributed by atoms with Gasteiger partial charge in [-0.2, -0.15) is 0 Å². The van der Waals surface area contributed by atoms with Crippen molar-refractivity contribution in [3.05, 3.63) is 0 Å². The van der Waals surface area contributed by atoms with Crippen LogP contribution in [0.2, 0.25) is 0 Å². The number of nitrogens with two attached hydrogens (primary N) is 2. The molecule has 0 radical (unpaired) electrons. The predicted molar refractivity (Wildman–Crippen MR) is 23.3 cm³/mol. The number of nitrogens with one attached hydrogen (secondary N) is 1. The molecule has 0 aromatic carbocycles. The average molecular weight is 264 g/mol. The summed E-state index contributed by atoms with van der Waals surface area (Å²) in [6.45, 7) is 0. The molecule has 7 heavy (non-hydrogen) atoms. The monoisotopic (exact) mass is 263 g/mol. The largest absolute Gasteiger partial charge is 1.00 e. The van der Waals surface area contributed by atoms with E-state index in [4.69, 9.17) is 5.41 Å². The van der Waals surface area contributed by atoms with Crippen molar-refractivity contribution in [2.24, 2.45) is 11.5 Å². The van der Waals surface area contributed by atoms with E-state index in [1.54, 1.807) is 0 Å². The first-order valence-electron chi connectivity index (χ1n) is 0.827. The molecule has 5 N–H and O–H groups in total. The molecule has 0 rings (SSSR count). The third-order valence-corrected chi connectivity index (χ3v) is 0.